The van der Waals surface area contributed by atoms with Crippen LogP contribution in [-0.2, 0) is 0 Å². The molecule has 0 spiro atoms. The summed E-state index contributed by atoms with van der Waals surface area (Å²) in [6.45, 7) is 3.88. The van der Waals surface area contributed by atoms with E-state index in [2.05, 4.69) is 0 Å². The van der Waals surface area contributed by atoms with E-state index in [-0.39, 0.29) is 5.63 Å². The fourth-order valence-corrected chi connectivity index (χ4v) is 1.96. The summed E-state index contributed by atoms with van der Waals surface area (Å²) in [7, 11) is 0. The Balaban J connectivity index is 2.28. The second kappa shape index (κ2) is 3.88. The van der Waals surface area contributed by atoms with Gasteiger partial charge in [0, 0.05) is 5.39 Å². The molecule has 0 bridgehead atoms. The first-order valence-electron chi connectivity index (χ1n) is 5.73. The van der Waals surface area contributed by atoms with Crippen molar-refractivity contribution in [1.29, 1.82) is 0 Å². The molecular weight excluding hydrogens is 228 g/mol. The lowest BCUT2D eigenvalue weighted by Crippen LogP contribution is -2.01. The smallest absolute Gasteiger partial charge is 0.347 e. The van der Waals surface area contributed by atoms with Crippen molar-refractivity contribution in [3.8, 4) is 11.3 Å². The summed E-state index contributed by atoms with van der Waals surface area (Å²) in [5.74, 6) is 0.545. The molecule has 0 aliphatic carbocycles. The maximum absolute atomic E-state index is 11.9. The lowest BCUT2D eigenvalue weighted by Gasteiger charge is -2.00. The minimum Gasteiger partial charge on any atom is -0.464 e. The summed E-state index contributed by atoms with van der Waals surface area (Å²) < 4.78 is 10.7. The third-order valence-electron chi connectivity index (χ3n) is 2.89. The zero-order valence-electron chi connectivity index (χ0n) is 10.2. The monoisotopic (exact) mass is 240 g/mol. The van der Waals surface area contributed by atoms with Crippen LogP contribution in [0.25, 0.3) is 22.3 Å². The fourth-order valence-electron chi connectivity index (χ4n) is 1.96. The van der Waals surface area contributed by atoms with E-state index in [0.29, 0.717) is 16.9 Å². The van der Waals surface area contributed by atoms with E-state index in [1.165, 1.54) is 0 Å². The highest BCUT2D eigenvalue weighted by Gasteiger charge is 2.10. The molecule has 0 fully saturated rings. The van der Waals surface area contributed by atoms with Gasteiger partial charge in [0.15, 0.2) is 0 Å². The van der Waals surface area contributed by atoms with Crippen LogP contribution in [0.5, 0.6) is 0 Å². The number of fused-ring (bicyclic) bond motifs is 1. The van der Waals surface area contributed by atoms with Gasteiger partial charge < -0.3 is 8.83 Å². The first-order valence-corrected chi connectivity index (χ1v) is 5.73. The van der Waals surface area contributed by atoms with E-state index in [9.17, 15) is 4.79 Å². The number of benzene rings is 1. The van der Waals surface area contributed by atoms with E-state index in [0.717, 1.165) is 16.5 Å². The van der Waals surface area contributed by atoms with Crippen LogP contribution in [0, 0.1) is 13.8 Å². The Morgan fingerprint density at radius 3 is 2.56 bits per heavy atom. The molecule has 0 amide bonds. The number of rotatable bonds is 1. The molecular formula is C15H12O3. The van der Waals surface area contributed by atoms with Gasteiger partial charge in [-0.1, -0.05) is 12.1 Å². The van der Waals surface area contributed by atoms with Gasteiger partial charge in [-0.3, -0.25) is 0 Å². The second-order valence-corrected chi connectivity index (χ2v) is 4.48. The predicted octanol–water partition coefficient (Wildman–Crippen LogP) is 3.67. The molecule has 0 aliphatic rings. The Labute approximate surface area is 104 Å². The normalized spacial score (nSPS) is 11.0. The van der Waals surface area contributed by atoms with Crippen LogP contribution in [0.1, 0.15) is 11.1 Å². The molecule has 90 valence electrons. The summed E-state index contributed by atoms with van der Waals surface area (Å²) in [6.07, 6.45) is 1.62. The van der Waals surface area contributed by atoms with Gasteiger partial charge in [0.25, 0.3) is 0 Å². The van der Waals surface area contributed by atoms with Gasteiger partial charge in [-0.05, 0) is 43.2 Å². The lowest BCUT2D eigenvalue weighted by atomic mass is 10.1. The molecule has 2 aromatic heterocycles. The average Bonchev–Trinajstić information content (AvgIpc) is 2.74. The predicted molar refractivity (Wildman–Crippen MR) is 69.7 cm³/mol. The quantitative estimate of drug-likeness (QED) is 0.609. The zero-order chi connectivity index (χ0) is 12.7. The third-order valence-corrected chi connectivity index (χ3v) is 2.89. The van der Waals surface area contributed by atoms with E-state index in [4.69, 9.17) is 8.83 Å². The average molecular weight is 240 g/mol. The van der Waals surface area contributed by atoms with E-state index in [1.807, 2.05) is 38.1 Å². The highest BCUT2D eigenvalue weighted by atomic mass is 16.4. The van der Waals surface area contributed by atoms with Crippen LogP contribution in [0.3, 0.4) is 0 Å². The minimum atomic E-state index is -0.373. The molecule has 18 heavy (non-hydrogen) atoms. The van der Waals surface area contributed by atoms with Gasteiger partial charge in [0.05, 0.1) is 6.26 Å². The van der Waals surface area contributed by atoms with Crippen molar-refractivity contribution in [1.82, 2.24) is 0 Å². The molecule has 0 saturated heterocycles. The van der Waals surface area contributed by atoms with E-state index < -0.39 is 0 Å². The summed E-state index contributed by atoms with van der Waals surface area (Å²) in [4.78, 5) is 11.9. The first-order chi connectivity index (χ1) is 8.63. The van der Waals surface area contributed by atoms with Crippen molar-refractivity contribution in [3.05, 3.63) is 58.1 Å². The molecule has 1 aromatic carbocycles. The molecule has 3 heteroatoms. The van der Waals surface area contributed by atoms with E-state index >= 15 is 0 Å². The van der Waals surface area contributed by atoms with Crippen molar-refractivity contribution in [2.24, 2.45) is 0 Å². The van der Waals surface area contributed by atoms with E-state index in [1.54, 1.807) is 12.3 Å². The zero-order valence-corrected chi connectivity index (χ0v) is 10.2. The summed E-state index contributed by atoms with van der Waals surface area (Å²) in [5.41, 5.74) is 2.73. The third kappa shape index (κ3) is 1.74. The van der Waals surface area contributed by atoms with Crippen LogP contribution >= 0.6 is 0 Å². The molecule has 3 rings (SSSR count). The number of aryl methyl sites for hydroxylation is 2. The lowest BCUT2D eigenvalue weighted by molar-refractivity contribution is 0.546. The Morgan fingerprint density at radius 1 is 1.00 bits per heavy atom. The number of hydrogen-bond donors (Lipinski definition) is 0. The SMILES string of the molecule is Cc1coc(-c2cc3ccc(C)cc3oc2=O)c1. The van der Waals surface area contributed by atoms with Crippen molar-refractivity contribution in [2.75, 3.05) is 0 Å². The van der Waals surface area contributed by atoms with Gasteiger partial charge >= 0.3 is 5.63 Å². The van der Waals surface area contributed by atoms with Crippen LogP contribution < -0.4 is 5.63 Å². The highest BCUT2D eigenvalue weighted by molar-refractivity contribution is 5.81. The van der Waals surface area contributed by atoms with Crippen molar-refractivity contribution in [2.45, 2.75) is 13.8 Å². The van der Waals surface area contributed by atoms with Crippen molar-refractivity contribution in [3.63, 3.8) is 0 Å². The Kier molecular flexibility index (Phi) is 2.33. The fraction of sp³-hybridized carbons (Fsp3) is 0.133. The minimum absolute atomic E-state index is 0.373. The molecule has 2 heterocycles. The maximum Gasteiger partial charge on any atom is 0.347 e. The van der Waals surface area contributed by atoms with Crippen LogP contribution in [-0.4, -0.2) is 0 Å². The molecule has 0 N–H and O–H groups in total. The van der Waals surface area contributed by atoms with Gasteiger partial charge in [0.1, 0.15) is 16.9 Å². The summed E-state index contributed by atoms with van der Waals surface area (Å²) in [6, 6.07) is 9.41. The van der Waals surface area contributed by atoms with Crippen molar-refractivity contribution >= 4 is 11.0 Å². The molecule has 0 aliphatic heterocycles. The number of hydrogen-bond acceptors (Lipinski definition) is 3. The number of furan rings is 1. The topological polar surface area (TPSA) is 43.4 Å². The molecule has 3 aromatic rings. The van der Waals surface area contributed by atoms with Gasteiger partial charge in [0.2, 0.25) is 0 Å². The Hall–Kier alpha value is -2.29. The van der Waals surface area contributed by atoms with Crippen LogP contribution in [0.15, 0.2) is 50.2 Å². The standard InChI is InChI=1S/C15H12O3/c1-9-3-4-11-7-12(14-6-10(2)8-17-14)15(16)18-13(11)5-9/h3-8H,1-2H3. The molecule has 0 atom stereocenters. The van der Waals surface area contributed by atoms with Crippen LogP contribution in [0.4, 0.5) is 0 Å². The first kappa shape index (κ1) is 10.8. The molecule has 0 radical (unpaired) electrons. The molecule has 0 saturated carbocycles. The van der Waals surface area contributed by atoms with Gasteiger partial charge in [-0.2, -0.15) is 0 Å². The largest absolute Gasteiger partial charge is 0.464 e. The molecule has 3 nitrogen and oxygen atoms in total. The maximum atomic E-state index is 11.9. The van der Waals surface area contributed by atoms with Gasteiger partial charge in [-0.15, -0.1) is 0 Å². The Bertz CT molecular complexity index is 778. The van der Waals surface area contributed by atoms with Crippen LogP contribution in [0.2, 0.25) is 0 Å². The van der Waals surface area contributed by atoms with Crippen molar-refractivity contribution < 1.29 is 8.83 Å². The second-order valence-electron chi connectivity index (χ2n) is 4.48. The molecule has 0 unspecified atom stereocenters. The Morgan fingerprint density at radius 2 is 1.83 bits per heavy atom. The summed E-state index contributed by atoms with van der Waals surface area (Å²) in [5, 5.41) is 0.893. The summed E-state index contributed by atoms with van der Waals surface area (Å²) >= 11 is 0. The highest BCUT2D eigenvalue weighted by Crippen LogP contribution is 2.23. The van der Waals surface area contributed by atoms with Gasteiger partial charge in [-0.25, -0.2) is 4.79 Å².